The SMILES string of the molecule is COc1c(-c2cn[nH]c2)ccc2c1CN(CC(C)(C)c1ccccc1)O2. The Kier molecular flexibility index (Phi) is 4.17. The van der Waals surface area contributed by atoms with Gasteiger partial charge in [-0.1, -0.05) is 44.2 Å². The Balaban J connectivity index is 1.59. The summed E-state index contributed by atoms with van der Waals surface area (Å²) in [4.78, 5) is 6.11. The van der Waals surface area contributed by atoms with Gasteiger partial charge >= 0.3 is 0 Å². The molecule has 0 amide bonds. The molecule has 1 aliphatic rings. The summed E-state index contributed by atoms with van der Waals surface area (Å²) in [7, 11) is 1.70. The number of hydroxylamine groups is 2. The number of aromatic amines is 1. The molecule has 0 saturated heterocycles. The van der Waals surface area contributed by atoms with Crippen molar-refractivity contribution >= 4 is 0 Å². The molecule has 1 N–H and O–H groups in total. The fourth-order valence-corrected chi connectivity index (χ4v) is 3.56. The third-order valence-corrected chi connectivity index (χ3v) is 4.92. The molecule has 4 rings (SSSR count). The van der Waals surface area contributed by atoms with Crippen LogP contribution in [-0.4, -0.2) is 28.9 Å². The second kappa shape index (κ2) is 6.50. The Bertz CT molecular complexity index is 889. The Morgan fingerprint density at radius 3 is 2.69 bits per heavy atom. The smallest absolute Gasteiger partial charge is 0.155 e. The number of rotatable bonds is 5. The Labute approximate surface area is 153 Å². The van der Waals surface area contributed by atoms with E-state index in [2.05, 4.69) is 48.3 Å². The number of methoxy groups -OCH3 is 1. The van der Waals surface area contributed by atoms with Crippen molar-refractivity contribution in [2.75, 3.05) is 13.7 Å². The van der Waals surface area contributed by atoms with Crippen molar-refractivity contribution in [3.05, 3.63) is 66.0 Å². The van der Waals surface area contributed by atoms with Gasteiger partial charge in [0.2, 0.25) is 0 Å². The van der Waals surface area contributed by atoms with Crippen molar-refractivity contribution in [2.24, 2.45) is 0 Å². The minimum atomic E-state index is -0.0239. The zero-order chi connectivity index (χ0) is 18.1. The lowest BCUT2D eigenvalue weighted by Gasteiger charge is -2.29. The van der Waals surface area contributed by atoms with Crippen LogP contribution < -0.4 is 9.57 Å². The summed E-state index contributed by atoms with van der Waals surface area (Å²) < 4.78 is 5.73. The Morgan fingerprint density at radius 2 is 2.00 bits per heavy atom. The highest BCUT2D eigenvalue weighted by molar-refractivity contribution is 5.73. The van der Waals surface area contributed by atoms with Gasteiger partial charge < -0.3 is 9.57 Å². The van der Waals surface area contributed by atoms with Gasteiger partial charge in [-0.05, 0) is 17.7 Å². The average Bonchev–Trinajstić information content (AvgIpc) is 3.30. The van der Waals surface area contributed by atoms with Crippen LogP contribution in [0.5, 0.6) is 11.5 Å². The lowest BCUT2D eigenvalue weighted by molar-refractivity contribution is -0.0570. The summed E-state index contributed by atoms with van der Waals surface area (Å²) in [5.41, 5.74) is 4.38. The average molecular weight is 349 g/mol. The fourth-order valence-electron chi connectivity index (χ4n) is 3.56. The van der Waals surface area contributed by atoms with Crippen LogP contribution in [0.3, 0.4) is 0 Å². The number of benzene rings is 2. The Morgan fingerprint density at radius 1 is 1.19 bits per heavy atom. The first kappa shape index (κ1) is 16.7. The van der Waals surface area contributed by atoms with E-state index in [9.17, 15) is 0 Å². The fraction of sp³-hybridized carbons (Fsp3) is 0.286. The minimum Gasteiger partial charge on any atom is -0.496 e. The van der Waals surface area contributed by atoms with E-state index in [-0.39, 0.29) is 5.41 Å². The summed E-state index contributed by atoms with van der Waals surface area (Å²) in [6.45, 7) is 5.96. The highest BCUT2D eigenvalue weighted by Crippen LogP contribution is 2.42. The molecule has 1 aromatic heterocycles. The predicted octanol–water partition coefficient (Wildman–Crippen LogP) is 4.17. The first-order valence-electron chi connectivity index (χ1n) is 8.76. The summed E-state index contributed by atoms with van der Waals surface area (Å²) in [5, 5.41) is 8.91. The quantitative estimate of drug-likeness (QED) is 0.751. The maximum Gasteiger partial charge on any atom is 0.155 e. The van der Waals surface area contributed by atoms with E-state index in [4.69, 9.17) is 9.57 Å². The van der Waals surface area contributed by atoms with Crippen LogP contribution in [0.25, 0.3) is 11.1 Å². The highest BCUT2D eigenvalue weighted by Gasteiger charge is 2.32. The van der Waals surface area contributed by atoms with E-state index in [0.29, 0.717) is 6.54 Å². The third-order valence-electron chi connectivity index (χ3n) is 4.92. The standard InChI is InChI=1S/C21H23N3O2/c1-21(2,16-7-5-4-6-8-16)14-24-13-18-19(26-24)10-9-17(20(18)25-3)15-11-22-23-12-15/h4-12H,13-14H2,1-3H3,(H,22,23). The normalized spacial score (nSPS) is 14.1. The van der Waals surface area contributed by atoms with Gasteiger partial charge in [-0.2, -0.15) is 5.10 Å². The van der Waals surface area contributed by atoms with Gasteiger partial charge in [0.25, 0.3) is 0 Å². The van der Waals surface area contributed by atoms with Crippen LogP contribution in [0.1, 0.15) is 25.0 Å². The molecule has 0 bridgehead atoms. The van der Waals surface area contributed by atoms with Gasteiger partial charge in [-0.15, -0.1) is 5.06 Å². The molecule has 0 spiro atoms. The monoisotopic (exact) mass is 349 g/mol. The van der Waals surface area contributed by atoms with Crippen molar-refractivity contribution in [3.63, 3.8) is 0 Å². The van der Waals surface area contributed by atoms with E-state index >= 15 is 0 Å². The number of fused-ring (bicyclic) bond motifs is 1. The van der Waals surface area contributed by atoms with Gasteiger partial charge in [0, 0.05) is 29.3 Å². The number of nitrogens with zero attached hydrogens (tertiary/aromatic N) is 2. The van der Waals surface area contributed by atoms with E-state index in [1.54, 1.807) is 13.3 Å². The number of H-pyrrole nitrogens is 1. The molecular weight excluding hydrogens is 326 g/mol. The van der Waals surface area contributed by atoms with Gasteiger partial charge in [-0.3, -0.25) is 5.10 Å². The second-order valence-electron chi connectivity index (χ2n) is 7.25. The van der Waals surface area contributed by atoms with Crippen molar-refractivity contribution in [2.45, 2.75) is 25.8 Å². The van der Waals surface area contributed by atoms with Gasteiger partial charge in [0.1, 0.15) is 5.75 Å². The van der Waals surface area contributed by atoms with E-state index < -0.39 is 0 Å². The minimum absolute atomic E-state index is 0.0239. The molecule has 5 nitrogen and oxygen atoms in total. The molecule has 5 heteroatoms. The first-order valence-corrected chi connectivity index (χ1v) is 8.76. The highest BCUT2D eigenvalue weighted by atomic mass is 16.7. The maximum atomic E-state index is 6.11. The predicted molar refractivity (Wildman–Crippen MR) is 101 cm³/mol. The van der Waals surface area contributed by atoms with Crippen molar-refractivity contribution in [1.82, 2.24) is 15.3 Å². The summed E-state index contributed by atoms with van der Waals surface area (Å²) in [6.07, 6.45) is 3.67. The van der Waals surface area contributed by atoms with Crippen LogP contribution in [-0.2, 0) is 12.0 Å². The van der Waals surface area contributed by atoms with Crippen LogP contribution >= 0.6 is 0 Å². The van der Waals surface area contributed by atoms with Crippen LogP contribution in [0, 0.1) is 0 Å². The topological polar surface area (TPSA) is 50.4 Å². The lowest BCUT2D eigenvalue weighted by Crippen LogP contribution is -2.36. The molecule has 0 aliphatic carbocycles. The Hall–Kier alpha value is -2.79. The van der Waals surface area contributed by atoms with E-state index in [1.807, 2.05) is 29.5 Å². The zero-order valence-electron chi connectivity index (χ0n) is 15.3. The molecule has 1 aliphatic heterocycles. The van der Waals surface area contributed by atoms with Crippen LogP contribution in [0.4, 0.5) is 0 Å². The largest absolute Gasteiger partial charge is 0.496 e. The lowest BCUT2D eigenvalue weighted by atomic mass is 9.84. The van der Waals surface area contributed by atoms with E-state index in [0.717, 1.165) is 34.7 Å². The molecule has 0 radical (unpaired) electrons. The van der Waals surface area contributed by atoms with Gasteiger partial charge in [-0.25, -0.2) is 0 Å². The molecule has 2 aromatic carbocycles. The molecular formula is C21H23N3O2. The third kappa shape index (κ3) is 2.95. The molecule has 3 aromatic rings. The van der Waals surface area contributed by atoms with Crippen molar-refractivity contribution in [3.8, 4) is 22.6 Å². The molecule has 0 fully saturated rings. The number of hydrogen-bond acceptors (Lipinski definition) is 4. The summed E-state index contributed by atoms with van der Waals surface area (Å²) in [6, 6.07) is 14.6. The molecule has 134 valence electrons. The van der Waals surface area contributed by atoms with Gasteiger partial charge in [0.05, 0.1) is 25.4 Å². The number of nitrogens with one attached hydrogen (secondary N) is 1. The van der Waals surface area contributed by atoms with Crippen molar-refractivity contribution in [1.29, 1.82) is 0 Å². The first-order chi connectivity index (χ1) is 12.6. The van der Waals surface area contributed by atoms with E-state index in [1.165, 1.54) is 5.56 Å². The van der Waals surface area contributed by atoms with Gasteiger partial charge in [0.15, 0.2) is 5.75 Å². The molecule has 2 heterocycles. The molecule has 0 saturated carbocycles. The number of hydrogen-bond donors (Lipinski definition) is 1. The number of ether oxygens (including phenoxy) is 1. The zero-order valence-corrected chi connectivity index (χ0v) is 15.3. The molecule has 26 heavy (non-hydrogen) atoms. The summed E-state index contributed by atoms with van der Waals surface area (Å²) >= 11 is 0. The van der Waals surface area contributed by atoms with Crippen LogP contribution in [0.2, 0.25) is 0 Å². The molecule has 0 atom stereocenters. The number of aromatic nitrogens is 2. The maximum absolute atomic E-state index is 6.11. The summed E-state index contributed by atoms with van der Waals surface area (Å²) in [5.74, 6) is 1.71. The van der Waals surface area contributed by atoms with Crippen molar-refractivity contribution < 1.29 is 9.57 Å². The second-order valence-corrected chi connectivity index (χ2v) is 7.25. The van der Waals surface area contributed by atoms with Crippen LogP contribution in [0.15, 0.2) is 54.9 Å². The molecule has 0 unspecified atom stereocenters.